The molecule has 3 N–H and O–H groups in total. The molecule has 0 saturated heterocycles. The van der Waals surface area contributed by atoms with Crippen LogP contribution in [0.1, 0.15) is 41.5 Å². The maximum absolute atomic E-state index is 13.0. The molecule has 150 valence electrons. The number of amides is 2. The van der Waals surface area contributed by atoms with Crippen LogP contribution in [0.15, 0.2) is 48.5 Å². The van der Waals surface area contributed by atoms with Gasteiger partial charge >= 0.3 is 10.3 Å². The van der Waals surface area contributed by atoms with Crippen LogP contribution in [-0.4, -0.2) is 30.8 Å². The molecule has 2 rings (SSSR count). The lowest BCUT2D eigenvalue weighted by molar-refractivity contribution is 0.0358. The zero-order valence-electron chi connectivity index (χ0n) is 15.5. The fourth-order valence-corrected chi connectivity index (χ4v) is 3.26. The van der Waals surface area contributed by atoms with E-state index in [1.165, 1.54) is 29.3 Å². The van der Waals surface area contributed by atoms with Gasteiger partial charge in [0.15, 0.2) is 0 Å². The number of hydrogen-bond donors (Lipinski definition) is 2. The summed E-state index contributed by atoms with van der Waals surface area (Å²) in [7, 11) is -4.15. The first kappa shape index (κ1) is 22.1. The molecular weight excluding hydrogens is 497 g/mol. The maximum Gasteiger partial charge on any atom is 0.380 e. The van der Waals surface area contributed by atoms with E-state index in [1.54, 1.807) is 39.0 Å². The Kier molecular flexibility index (Phi) is 6.67. The molecule has 10 heteroatoms. The summed E-state index contributed by atoms with van der Waals surface area (Å²) < 4.78 is 27.3. The van der Waals surface area contributed by atoms with Crippen molar-refractivity contribution < 1.29 is 22.2 Å². The van der Waals surface area contributed by atoms with Gasteiger partial charge in [-0.25, -0.2) is 5.01 Å². The van der Waals surface area contributed by atoms with Crippen molar-refractivity contribution >= 4 is 44.7 Å². The second-order valence-corrected chi connectivity index (χ2v) is 9.15. The SMILES string of the molecule is CC(C)(C)N(NC(=O)c1ccccc1I)C(=O)c1ccc(OS(N)(=O)=O)cc1. The predicted octanol–water partition coefficient (Wildman–Crippen LogP) is 2.46. The van der Waals surface area contributed by atoms with Crippen LogP contribution in [0, 0.1) is 3.57 Å². The Hall–Kier alpha value is -2.18. The average Bonchev–Trinajstić information content (AvgIpc) is 2.57. The van der Waals surface area contributed by atoms with Crippen molar-refractivity contribution in [2.24, 2.45) is 5.14 Å². The molecule has 2 aromatic carbocycles. The zero-order chi connectivity index (χ0) is 21.1. The van der Waals surface area contributed by atoms with Gasteiger partial charge in [-0.2, -0.15) is 13.6 Å². The molecule has 0 radical (unpaired) electrons. The summed E-state index contributed by atoms with van der Waals surface area (Å²) in [5.41, 5.74) is 2.62. The Labute approximate surface area is 177 Å². The molecule has 28 heavy (non-hydrogen) atoms. The van der Waals surface area contributed by atoms with Gasteiger partial charge in [-0.3, -0.25) is 15.0 Å². The van der Waals surface area contributed by atoms with E-state index in [0.717, 1.165) is 3.57 Å². The minimum Gasteiger partial charge on any atom is -0.371 e. The normalized spacial score (nSPS) is 11.6. The van der Waals surface area contributed by atoms with Crippen LogP contribution >= 0.6 is 22.6 Å². The number of nitrogens with zero attached hydrogens (tertiary/aromatic N) is 1. The molecule has 0 aliphatic rings. The summed E-state index contributed by atoms with van der Waals surface area (Å²) in [4.78, 5) is 25.6. The van der Waals surface area contributed by atoms with Crippen LogP contribution in [0.4, 0.5) is 0 Å². The smallest absolute Gasteiger partial charge is 0.371 e. The standard InChI is InChI=1S/C18H20IN3O5S/c1-18(2,3)22(21-16(23)14-6-4-5-7-15(14)19)17(24)12-8-10-13(11-9-12)27-28(20,25)26/h4-11H,1-3H3,(H,21,23)(H2,20,25,26). The van der Waals surface area contributed by atoms with E-state index in [0.29, 0.717) is 5.56 Å². The van der Waals surface area contributed by atoms with Crippen LogP contribution in [-0.2, 0) is 10.3 Å². The van der Waals surface area contributed by atoms with Gasteiger partial charge in [-0.1, -0.05) is 12.1 Å². The van der Waals surface area contributed by atoms with E-state index in [-0.39, 0.29) is 11.3 Å². The summed E-state index contributed by atoms with van der Waals surface area (Å²) in [6.45, 7) is 5.33. The minimum atomic E-state index is -4.15. The van der Waals surface area contributed by atoms with E-state index in [4.69, 9.17) is 5.14 Å². The largest absolute Gasteiger partial charge is 0.380 e. The van der Waals surface area contributed by atoms with Crippen molar-refractivity contribution in [1.29, 1.82) is 0 Å². The van der Waals surface area contributed by atoms with Crippen molar-refractivity contribution in [2.75, 3.05) is 0 Å². The van der Waals surface area contributed by atoms with E-state index in [9.17, 15) is 18.0 Å². The lowest BCUT2D eigenvalue weighted by Crippen LogP contribution is -2.56. The summed E-state index contributed by atoms with van der Waals surface area (Å²) in [5, 5.41) is 6.05. The van der Waals surface area contributed by atoms with Gasteiger partial charge in [0, 0.05) is 9.13 Å². The van der Waals surface area contributed by atoms with Crippen LogP contribution < -0.4 is 14.7 Å². The molecule has 8 nitrogen and oxygen atoms in total. The fraction of sp³-hybridized carbons (Fsp3) is 0.222. The highest BCUT2D eigenvalue weighted by molar-refractivity contribution is 14.1. The first-order valence-corrected chi connectivity index (χ1v) is 10.7. The van der Waals surface area contributed by atoms with Crippen LogP contribution in [0.3, 0.4) is 0 Å². The lowest BCUT2D eigenvalue weighted by Gasteiger charge is -2.35. The molecule has 0 aliphatic carbocycles. The van der Waals surface area contributed by atoms with E-state index in [2.05, 4.69) is 9.61 Å². The topological polar surface area (TPSA) is 119 Å². The third-order valence-electron chi connectivity index (χ3n) is 3.52. The second kappa shape index (κ2) is 8.45. The van der Waals surface area contributed by atoms with Crippen molar-refractivity contribution in [3.63, 3.8) is 0 Å². The van der Waals surface area contributed by atoms with E-state index < -0.39 is 27.7 Å². The second-order valence-electron chi connectivity index (χ2n) is 6.83. The monoisotopic (exact) mass is 517 g/mol. The highest BCUT2D eigenvalue weighted by Crippen LogP contribution is 2.19. The Morgan fingerprint density at radius 2 is 1.64 bits per heavy atom. The van der Waals surface area contributed by atoms with Crippen molar-refractivity contribution in [2.45, 2.75) is 26.3 Å². The third-order valence-corrected chi connectivity index (χ3v) is 4.88. The lowest BCUT2D eigenvalue weighted by atomic mass is 10.1. The number of halogens is 1. The molecule has 0 bridgehead atoms. The number of carbonyl (C=O) groups is 2. The molecule has 0 saturated carbocycles. The van der Waals surface area contributed by atoms with Crippen LogP contribution in [0.5, 0.6) is 5.75 Å². The Balaban J connectivity index is 2.27. The predicted molar refractivity (Wildman–Crippen MR) is 113 cm³/mol. The third kappa shape index (κ3) is 5.91. The van der Waals surface area contributed by atoms with Crippen molar-refractivity contribution in [3.8, 4) is 5.75 Å². The van der Waals surface area contributed by atoms with E-state index in [1.807, 2.05) is 28.7 Å². The van der Waals surface area contributed by atoms with Gasteiger partial charge in [-0.05, 0) is 79.8 Å². The first-order chi connectivity index (χ1) is 12.9. The molecular formula is C18H20IN3O5S. The van der Waals surface area contributed by atoms with E-state index >= 15 is 0 Å². The molecule has 2 amide bonds. The number of nitrogens with two attached hydrogens (primary N) is 1. The zero-order valence-corrected chi connectivity index (χ0v) is 18.4. The summed E-state index contributed by atoms with van der Waals surface area (Å²) in [6.07, 6.45) is 0. The molecule has 0 heterocycles. The van der Waals surface area contributed by atoms with Gasteiger partial charge < -0.3 is 4.18 Å². The number of carbonyl (C=O) groups excluding carboxylic acids is 2. The molecule has 0 unspecified atom stereocenters. The fourth-order valence-electron chi connectivity index (χ4n) is 2.25. The van der Waals surface area contributed by atoms with Crippen LogP contribution in [0.2, 0.25) is 0 Å². The number of hydrogen-bond acceptors (Lipinski definition) is 5. The molecule has 0 aromatic heterocycles. The number of benzene rings is 2. The summed E-state index contributed by atoms with van der Waals surface area (Å²) in [5.74, 6) is -0.902. The Bertz CT molecular complexity index is 985. The van der Waals surface area contributed by atoms with Gasteiger partial charge in [0.1, 0.15) is 5.75 Å². The summed E-state index contributed by atoms with van der Waals surface area (Å²) >= 11 is 2.05. The van der Waals surface area contributed by atoms with Gasteiger partial charge in [0.25, 0.3) is 11.8 Å². The molecule has 0 aliphatic heterocycles. The number of hydrazine groups is 1. The van der Waals surface area contributed by atoms with Crippen molar-refractivity contribution in [3.05, 3.63) is 63.2 Å². The van der Waals surface area contributed by atoms with Gasteiger partial charge in [-0.15, -0.1) is 0 Å². The quantitative estimate of drug-likeness (QED) is 0.477. The minimum absolute atomic E-state index is 0.0239. The molecule has 0 spiro atoms. The number of nitrogens with one attached hydrogen (secondary N) is 1. The van der Waals surface area contributed by atoms with Gasteiger partial charge in [0.2, 0.25) is 0 Å². The van der Waals surface area contributed by atoms with Crippen LogP contribution in [0.25, 0.3) is 0 Å². The average molecular weight is 517 g/mol. The first-order valence-electron chi connectivity index (χ1n) is 8.11. The molecule has 0 fully saturated rings. The maximum atomic E-state index is 13.0. The number of rotatable bonds is 4. The Morgan fingerprint density at radius 1 is 1.07 bits per heavy atom. The highest BCUT2D eigenvalue weighted by Gasteiger charge is 2.30. The van der Waals surface area contributed by atoms with Gasteiger partial charge in [0.05, 0.1) is 11.1 Å². The molecule has 0 atom stereocenters. The highest BCUT2D eigenvalue weighted by atomic mass is 127. The molecule has 2 aromatic rings. The Morgan fingerprint density at radius 3 is 2.14 bits per heavy atom. The van der Waals surface area contributed by atoms with Crippen molar-refractivity contribution in [1.82, 2.24) is 10.4 Å². The summed E-state index contributed by atoms with van der Waals surface area (Å²) in [6, 6.07) is 12.4.